The molecule has 0 bridgehead atoms. The first kappa shape index (κ1) is 14.3. The minimum Gasteiger partial charge on any atom is -0.453 e. The van der Waals surface area contributed by atoms with Crippen molar-refractivity contribution in [2.45, 2.75) is 25.5 Å². The van der Waals surface area contributed by atoms with Crippen molar-refractivity contribution in [1.29, 1.82) is 0 Å². The first-order valence-electron chi connectivity index (χ1n) is 5.79. The number of carbonyl (C=O) groups is 1. The highest BCUT2D eigenvalue weighted by Gasteiger charge is 2.15. The monoisotopic (exact) mass is 249 g/mol. The molecule has 1 amide bonds. The highest BCUT2D eigenvalue weighted by atomic mass is 16.5. The Balaban J connectivity index is 2.52. The SMILES string of the molecule is C=C(C[C@@H](O)c1ccccc1)[C@@H](C)NC(=O)OC. The van der Waals surface area contributed by atoms with Gasteiger partial charge in [0.05, 0.1) is 19.3 Å². The van der Waals surface area contributed by atoms with Crippen LogP contribution in [0.25, 0.3) is 0 Å². The molecule has 0 fully saturated rings. The fourth-order valence-electron chi connectivity index (χ4n) is 1.56. The molecule has 1 aromatic carbocycles. The third kappa shape index (κ3) is 4.22. The maximum absolute atomic E-state index is 11.0. The third-order valence-corrected chi connectivity index (χ3v) is 2.77. The molecule has 0 aliphatic carbocycles. The lowest BCUT2D eigenvalue weighted by atomic mass is 9.99. The lowest BCUT2D eigenvalue weighted by molar-refractivity contribution is 0.163. The topological polar surface area (TPSA) is 58.6 Å². The number of methoxy groups -OCH3 is 1. The Kier molecular flexibility index (Phi) is 5.39. The van der Waals surface area contributed by atoms with E-state index in [4.69, 9.17) is 0 Å². The first-order valence-corrected chi connectivity index (χ1v) is 5.79. The van der Waals surface area contributed by atoms with Gasteiger partial charge in [0.25, 0.3) is 0 Å². The normalized spacial score (nSPS) is 13.5. The largest absolute Gasteiger partial charge is 0.453 e. The van der Waals surface area contributed by atoms with Gasteiger partial charge < -0.3 is 15.2 Å². The number of aliphatic hydroxyl groups is 1. The Bertz CT molecular complexity index is 403. The van der Waals surface area contributed by atoms with Crippen molar-refractivity contribution in [3.8, 4) is 0 Å². The number of nitrogens with one attached hydrogen (secondary N) is 1. The number of hydrogen-bond donors (Lipinski definition) is 2. The Morgan fingerprint density at radius 3 is 2.61 bits per heavy atom. The molecule has 2 N–H and O–H groups in total. The van der Waals surface area contributed by atoms with E-state index in [0.29, 0.717) is 6.42 Å². The van der Waals surface area contributed by atoms with Gasteiger partial charge in [0, 0.05) is 6.42 Å². The fourth-order valence-corrected chi connectivity index (χ4v) is 1.56. The minimum atomic E-state index is -0.611. The summed E-state index contributed by atoms with van der Waals surface area (Å²) in [5, 5.41) is 12.6. The fraction of sp³-hybridized carbons (Fsp3) is 0.357. The lowest BCUT2D eigenvalue weighted by Gasteiger charge is -2.19. The smallest absolute Gasteiger partial charge is 0.407 e. The Morgan fingerprint density at radius 1 is 1.44 bits per heavy atom. The van der Waals surface area contributed by atoms with Gasteiger partial charge in [0.2, 0.25) is 0 Å². The molecule has 18 heavy (non-hydrogen) atoms. The van der Waals surface area contributed by atoms with Crippen LogP contribution in [0, 0.1) is 0 Å². The van der Waals surface area contributed by atoms with Crippen LogP contribution in [-0.2, 0) is 4.74 Å². The number of carbonyl (C=O) groups excluding carboxylic acids is 1. The second-order valence-electron chi connectivity index (χ2n) is 4.15. The molecule has 0 spiro atoms. The van der Waals surface area contributed by atoms with Crippen LogP contribution in [0.5, 0.6) is 0 Å². The van der Waals surface area contributed by atoms with Crippen molar-refractivity contribution >= 4 is 6.09 Å². The van der Waals surface area contributed by atoms with Crippen LogP contribution in [0.3, 0.4) is 0 Å². The van der Waals surface area contributed by atoms with Crippen molar-refractivity contribution in [3.05, 3.63) is 48.0 Å². The third-order valence-electron chi connectivity index (χ3n) is 2.77. The van der Waals surface area contributed by atoms with E-state index >= 15 is 0 Å². The molecule has 1 rings (SSSR count). The van der Waals surface area contributed by atoms with Crippen molar-refractivity contribution in [3.63, 3.8) is 0 Å². The molecule has 0 radical (unpaired) electrons. The van der Waals surface area contributed by atoms with Crippen LogP contribution in [0.4, 0.5) is 4.79 Å². The summed E-state index contributed by atoms with van der Waals surface area (Å²) in [7, 11) is 1.31. The summed E-state index contributed by atoms with van der Waals surface area (Å²) in [5.41, 5.74) is 1.58. The summed E-state index contributed by atoms with van der Waals surface area (Å²) in [6.45, 7) is 5.68. The molecule has 1 aromatic rings. The highest BCUT2D eigenvalue weighted by Crippen LogP contribution is 2.21. The number of amides is 1. The van der Waals surface area contributed by atoms with E-state index in [1.165, 1.54) is 7.11 Å². The summed E-state index contributed by atoms with van der Waals surface area (Å²) in [5.74, 6) is 0. The van der Waals surface area contributed by atoms with E-state index in [1.54, 1.807) is 6.92 Å². The molecule has 4 heteroatoms. The number of aliphatic hydroxyl groups excluding tert-OH is 1. The predicted octanol–water partition coefficient (Wildman–Crippen LogP) is 2.41. The van der Waals surface area contributed by atoms with Gasteiger partial charge in [-0.1, -0.05) is 42.5 Å². The van der Waals surface area contributed by atoms with Gasteiger partial charge in [0.15, 0.2) is 0 Å². The number of ether oxygens (including phenoxy) is 1. The van der Waals surface area contributed by atoms with Gasteiger partial charge >= 0.3 is 6.09 Å². The van der Waals surface area contributed by atoms with Gasteiger partial charge in [-0.15, -0.1) is 0 Å². The van der Waals surface area contributed by atoms with Crippen molar-refractivity contribution in [1.82, 2.24) is 5.32 Å². The molecule has 0 unspecified atom stereocenters. The van der Waals surface area contributed by atoms with Gasteiger partial charge in [-0.05, 0) is 12.5 Å². The van der Waals surface area contributed by atoms with Crippen LogP contribution in [0.1, 0.15) is 25.0 Å². The second-order valence-corrected chi connectivity index (χ2v) is 4.15. The van der Waals surface area contributed by atoms with Crippen LogP contribution < -0.4 is 5.32 Å². The van der Waals surface area contributed by atoms with E-state index in [1.807, 2.05) is 30.3 Å². The van der Waals surface area contributed by atoms with Crippen molar-refractivity contribution in [2.24, 2.45) is 0 Å². The molecule has 0 saturated carbocycles. The lowest BCUT2D eigenvalue weighted by Crippen LogP contribution is -2.33. The summed E-state index contributed by atoms with van der Waals surface area (Å²) < 4.78 is 4.51. The molecular formula is C14H19NO3. The summed E-state index contributed by atoms with van der Waals surface area (Å²) in [6.07, 6.45) is -0.715. The zero-order chi connectivity index (χ0) is 13.5. The van der Waals surface area contributed by atoms with E-state index in [0.717, 1.165) is 11.1 Å². The summed E-state index contributed by atoms with van der Waals surface area (Å²) in [4.78, 5) is 11.0. The van der Waals surface area contributed by atoms with Crippen molar-refractivity contribution in [2.75, 3.05) is 7.11 Å². The molecule has 0 heterocycles. The quantitative estimate of drug-likeness (QED) is 0.788. The number of hydrogen-bond acceptors (Lipinski definition) is 3. The first-order chi connectivity index (χ1) is 8.54. The maximum Gasteiger partial charge on any atom is 0.407 e. The Morgan fingerprint density at radius 2 is 2.06 bits per heavy atom. The average Bonchev–Trinajstić information content (AvgIpc) is 2.39. The molecule has 0 aliphatic rings. The van der Waals surface area contributed by atoms with E-state index in [2.05, 4.69) is 16.6 Å². The molecule has 0 aliphatic heterocycles. The average molecular weight is 249 g/mol. The molecule has 0 saturated heterocycles. The Hall–Kier alpha value is -1.81. The predicted molar refractivity (Wildman–Crippen MR) is 70.2 cm³/mol. The molecule has 4 nitrogen and oxygen atoms in total. The number of benzene rings is 1. The number of rotatable bonds is 5. The zero-order valence-electron chi connectivity index (χ0n) is 10.7. The standard InChI is InChI=1S/C14H19NO3/c1-10(11(2)15-14(17)18-3)9-13(16)12-7-5-4-6-8-12/h4-8,11,13,16H,1,9H2,2-3H3,(H,15,17)/t11-,13-/m1/s1. The molecule has 0 aromatic heterocycles. The maximum atomic E-state index is 11.0. The minimum absolute atomic E-state index is 0.240. The van der Waals surface area contributed by atoms with Gasteiger partial charge in [0.1, 0.15) is 0 Å². The molecule has 98 valence electrons. The number of alkyl carbamates (subject to hydrolysis) is 1. The van der Waals surface area contributed by atoms with Gasteiger partial charge in [-0.3, -0.25) is 0 Å². The van der Waals surface area contributed by atoms with Crippen LogP contribution >= 0.6 is 0 Å². The Labute approximate surface area is 107 Å². The molecular weight excluding hydrogens is 230 g/mol. The van der Waals surface area contributed by atoms with E-state index < -0.39 is 12.2 Å². The van der Waals surface area contributed by atoms with E-state index in [9.17, 15) is 9.90 Å². The van der Waals surface area contributed by atoms with E-state index in [-0.39, 0.29) is 6.04 Å². The summed E-state index contributed by atoms with van der Waals surface area (Å²) >= 11 is 0. The van der Waals surface area contributed by atoms with Gasteiger partial charge in [-0.25, -0.2) is 4.79 Å². The van der Waals surface area contributed by atoms with Crippen LogP contribution in [0.2, 0.25) is 0 Å². The highest BCUT2D eigenvalue weighted by molar-refractivity contribution is 5.67. The zero-order valence-corrected chi connectivity index (χ0v) is 10.7. The second kappa shape index (κ2) is 6.81. The summed E-state index contributed by atoms with van der Waals surface area (Å²) in [6, 6.07) is 9.12. The van der Waals surface area contributed by atoms with Gasteiger partial charge in [-0.2, -0.15) is 0 Å². The van der Waals surface area contributed by atoms with Crippen molar-refractivity contribution < 1.29 is 14.6 Å². The molecule has 2 atom stereocenters. The van der Waals surface area contributed by atoms with Crippen LogP contribution in [0.15, 0.2) is 42.5 Å². The van der Waals surface area contributed by atoms with Crippen LogP contribution in [-0.4, -0.2) is 24.4 Å².